The molecule has 3 rings (SSSR count). The van der Waals surface area contributed by atoms with Crippen LogP contribution < -0.4 is 0 Å². The minimum absolute atomic E-state index is 0.0863. The highest BCUT2D eigenvalue weighted by Crippen LogP contribution is 2.31. The Morgan fingerprint density at radius 2 is 1.59 bits per heavy atom. The van der Waals surface area contributed by atoms with Crippen LogP contribution in [0.4, 0.5) is 0 Å². The van der Waals surface area contributed by atoms with Crippen LogP contribution in [0.3, 0.4) is 0 Å². The number of rotatable bonds is 7. The summed E-state index contributed by atoms with van der Waals surface area (Å²) in [7, 11) is 1.95. The molecule has 0 aliphatic heterocycles. The van der Waals surface area contributed by atoms with Gasteiger partial charge in [-0.05, 0) is 5.92 Å². The summed E-state index contributed by atoms with van der Waals surface area (Å²) >= 11 is 0. The molecule has 138 valence electrons. The first-order valence-electron chi connectivity index (χ1n) is 9.06. The Morgan fingerprint density at radius 1 is 1.00 bits per heavy atom. The molecule has 1 heterocycles. The second-order valence-electron chi connectivity index (χ2n) is 6.78. The Bertz CT molecular complexity index is 912. The first kappa shape index (κ1) is 18.6. The van der Waals surface area contributed by atoms with Crippen molar-refractivity contribution in [3.05, 3.63) is 96.1 Å². The maximum Gasteiger partial charge on any atom is 0.189 e. The van der Waals surface area contributed by atoms with Crippen molar-refractivity contribution in [1.82, 2.24) is 9.55 Å². The molecule has 0 amide bonds. The molecule has 0 saturated carbocycles. The third-order valence-corrected chi connectivity index (χ3v) is 4.35. The van der Waals surface area contributed by atoms with Crippen LogP contribution in [0.2, 0.25) is 0 Å². The van der Waals surface area contributed by atoms with Crippen LogP contribution >= 0.6 is 0 Å². The lowest BCUT2D eigenvalue weighted by Crippen LogP contribution is -2.16. The molecule has 0 spiro atoms. The fourth-order valence-corrected chi connectivity index (χ4v) is 2.87. The van der Waals surface area contributed by atoms with Crippen molar-refractivity contribution in [2.24, 2.45) is 13.0 Å². The smallest absolute Gasteiger partial charge is 0.189 e. The number of hydrogen-bond donors (Lipinski definition) is 0. The number of aryl methyl sites for hydroxylation is 1. The average molecular weight is 360 g/mol. The first-order chi connectivity index (χ1) is 13.1. The highest BCUT2D eigenvalue weighted by molar-refractivity contribution is 6.07. The fourth-order valence-electron chi connectivity index (χ4n) is 2.87. The van der Waals surface area contributed by atoms with Gasteiger partial charge in [0.2, 0.25) is 0 Å². The van der Waals surface area contributed by atoms with Gasteiger partial charge in [0.15, 0.2) is 11.9 Å². The molecule has 0 radical (unpaired) electrons. The molecule has 0 saturated heterocycles. The molecule has 4 heteroatoms. The Hall–Kier alpha value is -3.14. The topological polar surface area (TPSA) is 44.1 Å². The highest BCUT2D eigenvalue weighted by Gasteiger charge is 2.24. The maximum atomic E-state index is 12.8. The summed E-state index contributed by atoms with van der Waals surface area (Å²) in [4.78, 5) is 17.2. The molecule has 3 aromatic rings. The normalized spacial score (nSPS) is 12.8. The third kappa shape index (κ3) is 4.53. The van der Waals surface area contributed by atoms with Crippen molar-refractivity contribution in [1.29, 1.82) is 0 Å². The Labute approximate surface area is 160 Å². The van der Waals surface area contributed by atoms with E-state index in [-0.39, 0.29) is 17.8 Å². The lowest BCUT2D eigenvalue weighted by Gasteiger charge is -2.24. The van der Waals surface area contributed by atoms with Crippen molar-refractivity contribution < 1.29 is 9.53 Å². The number of nitrogens with zero attached hydrogens (tertiary/aromatic N) is 2. The number of allylic oxidation sites excluding steroid dienone is 1. The lowest BCUT2D eigenvalue weighted by atomic mass is 10.0. The summed E-state index contributed by atoms with van der Waals surface area (Å²) in [5, 5.41) is 0. The van der Waals surface area contributed by atoms with Crippen LogP contribution in [-0.4, -0.2) is 15.3 Å². The van der Waals surface area contributed by atoms with E-state index < -0.39 is 0 Å². The van der Waals surface area contributed by atoms with E-state index in [1.54, 1.807) is 24.4 Å². The van der Waals surface area contributed by atoms with Gasteiger partial charge in [0.1, 0.15) is 11.6 Å². The largest absolute Gasteiger partial charge is 0.481 e. The van der Waals surface area contributed by atoms with E-state index in [0.29, 0.717) is 11.3 Å². The van der Waals surface area contributed by atoms with Gasteiger partial charge in [-0.25, -0.2) is 4.98 Å². The van der Waals surface area contributed by atoms with E-state index in [4.69, 9.17) is 4.74 Å². The number of aromatic nitrogens is 2. The molecular weight excluding hydrogens is 336 g/mol. The Kier molecular flexibility index (Phi) is 5.87. The van der Waals surface area contributed by atoms with Gasteiger partial charge in [-0.3, -0.25) is 4.79 Å². The number of benzene rings is 2. The molecule has 0 aliphatic carbocycles. The quantitative estimate of drug-likeness (QED) is 0.336. The van der Waals surface area contributed by atoms with E-state index >= 15 is 0 Å². The van der Waals surface area contributed by atoms with Gasteiger partial charge in [0, 0.05) is 36.6 Å². The van der Waals surface area contributed by atoms with Gasteiger partial charge in [0.05, 0.1) is 0 Å². The van der Waals surface area contributed by atoms with Gasteiger partial charge < -0.3 is 9.30 Å². The molecule has 1 unspecified atom stereocenters. The van der Waals surface area contributed by atoms with Crippen molar-refractivity contribution in [3.63, 3.8) is 0 Å². The maximum absolute atomic E-state index is 12.8. The molecule has 0 fully saturated rings. The van der Waals surface area contributed by atoms with Crippen LogP contribution in [0.5, 0.6) is 0 Å². The van der Waals surface area contributed by atoms with E-state index in [1.807, 2.05) is 66.3 Å². The predicted octanol–water partition coefficient (Wildman–Crippen LogP) is 5.06. The zero-order valence-electron chi connectivity index (χ0n) is 15.9. The standard InChI is InChI=1S/C23H24N2O2/c1-17(2)22(23-24-14-15-25(23)3)27-21(19-12-8-5-9-13-19)16-20(26)18-10-6-4-7-11-18/h4-17,22H,1-3H3/b21-16+. The summed E-state index contributed by atoms with van der Waals surface area (Å²) in [6, 6.07) is 18.9. The van der Waals surface area contributed by atoms with Gasteiger partial charge in [-0.1, -0.05) is 74.5 Å². The van der Waals surface area contributed by atoms with E-state index in [1.165, 1.54) is 0 Å². The zero-order valence-corrected chi connectivity index (χ0v) is 15.9. The SMILES string of the molecule is CC(C)C(O/C(=C/C(=O)c1ccccc1)c1ccccc1)c1nccn1C. The zero-order chi connectivity index (χ0) is 19.2. The molecule has 0 N–H and O–H groups in total. The number of carbonyl (C=O) groups is 1. The summed E-state index contributed by atoms with van der Waals surface area (Å²) in [6.45, 7) is 4.17. The number of ether oxygens (including phenoxy) is 1. The van der Waals surface area contributed by atoms with Crippen molar-refractivity contribution in [2.45, 2.75) is 20.0 Å². The molecule has 27 heavy (non-hydrogen) atoms. The minimum atomic E-state index is -0.264. The molecule has 2 aromatic carbocycles. The monoisotopic (exact) mass is 360 g/mol. The Morgan fingerprint density at radius 3 is 2.11 bits per heavy atom. The molecule has 0 aliphatic rings. The predicted molar refractivity (Wildman–Crippen MR) is 107 cm³/mol. The van der Waals surface area contributed by atoms with Crippen LogP contribution in [-0.2, 0) is 11.8 Å². The van der Waals surface area contributed by atoms with E-state index in [0.717, 1.165) is 11.4 Å². The van der Waals surface area contributed by atoms with Crippen LogP contribution in [0.1, 0.15) is 41.7 Å². The van der Waals surface area contributed by atoms with Crippen molar-refractivity contribution >= 4 is 11.5 Å². The van der Waals surface area contributed by atoms with Gasteiger partial charge in [-0.2, -0.15) is 0 Å². The second-order valence-corrected chi connectivity index (χ2v) is 6.78. The lowest BCUT2D eigenvalue weighted by molar-refractivity contribution is 0.100. The summed E-state index contributed by atoms with van der Waals surface area (Å²) in [6.07, 6.45) is 4.97. The van der Waals surface area contributed by atoms with Crippen LogP contribution in [0, 0.1) is 5.92 Å². The number of carbonyl (C=O) groups excluding carboxylic acids is 1. The van der Waals surface area contributed by atoms with Crippen molar-refractivity contribution in [3.8, 4) is 0 Å². The number of imidazole rings is 1. The minimum Gasteiger partial charge on any atom is -0.481 e. The van der Waals surface area contributed by atoms with E-state index in [2.05, 4.69) is 18.8 Å². The number of ketones is 1. The molecule has 4 nitrogen and oxygen atoms in total. The summed E-state index contributed by atoms with van der Waals surface area (Å²) in [5.41, 5.74) is 1.49. The van der Waals surface area contributed by atoms with Crippen LogP contribution in [0.15, 0.2) is 79.1 Å². The van der Waals surface area contributed by atoms with Crippen molar-refractivity contribution in [2.75, 3.05) is 0 Å². The van der Waals surface area contributed by atoms with Gasteiger partial charge in [-0.15, -0.1) is 0 Å². The summed E-state index contributed by atoms with van der Waals surface area (Å²) in [5.74, 6) is 1.48. The third-order valence-electron chi connectivity index (χ3n) is 4.35. The van der Waals surface area contributed by atoms with Crippen LogP contribution in [0.25, 0.3) is 5.76 Å². The van der Waals surface area contributed by atoms with Gasteiger partial charge in [0.25, 0.3) is 0 Å². The molecular formula is C23H24N2O2. The van der Waals surface area contributed by atoms with E-state index in [9.17, 15) is 4.79 Å². The molecule has 0 bridgehead atoms. The summed E-state index contributed by atoms with van der Waals surface area (Å²) < 4.78 is 8.32. The highest BCUT2D eigenvalue weighted by atomic mass is 16.5. The number of hydrogen-bond acceptors (Lipinski definition) is 3. The average Bonchev–Trinajstić information content (AvgIpc) is 3.11. The van der Waals surface area contributed by atoms with Gasteiger partial charge >= 0.3 is 0 Å². The molecule has 1 aromatic heterocycles. The molecule has 1 atom stereocenters. The second kappa shape index (κ2) is 8.49. The Balaban J connectivity index is 1.98. The fraction of sp³-hybridized carbons (Fsp3) is 0.217. The first-order valence-corrected chi connectivity index (χ1v) is 9.06.